The highest BCUT2D eigenvalue weighted by Crippen LogP contribution is 2.11. The van der Waals surface area contributed by atoms with Crippen molar-refractivity contribution in [2.45, 2.75) is 65.5 Å². The van der Waals surface area contributed by atoms with Crippen LogP contribution >= 0.6 is 0 Å². The van der Waals surface area contributed by atoms with Gasteiger partial charge in [0.1, 0.15) is 0 Å². The highest BCUT2D eigenvalue weighted by molar-refractivity contribution is 5.43. The summed E-state index contributed by atoms with van der Waals surface area (Å²) in [4.78, 5) is 0. The maximum atomic E-state index is 3.68. The first-order valence-corrected chi connectivity index (χ1v) is 8.20. The second-order valence-electron chi connectivity index (χ2n) is 5.98. The van der Waals surface area contributed by atoms with E-state index in [1.54, 1.807) is 0 Å². The molecule has 0 spiro atoms. The number of nitrogens with one attached hydrogen (secondary N) is 2. The van der Waals surface area contributed by atoms with Crippen molar-refractivity contribution in [1.82, 2.24) is 5.32 Å². The summed E-state index contributed by atoms with van der Waals surface area (Å²) in [6.07, 6.45) is 4.98. The summed E-state index contributed by atoms with van der Waals surface area (Å²) in [6.45, 7) is 10.3. The molecule has 114 valence electrons. The van der Waals surface area contributed by atoms with E-state index in [9.17, 15) is 0 Å². The number of rotatable bonds is 10. The summed E-state index contributed by atoms with van der Waals surface area (Å²) >= 11 is 0. The van der Waals surface area contributed by atoms with Gasteiger partial charge in [-0.25, -0.2) is 0 Å². The van der Waals surface area contributed by atoms with Gasteiger partial charge in [0.05, 0.1) is 0 Å². The molecule has 1 rings (SSSR count). The van der Waals surface area contributed by atoms with Crippen LogP contribution in [0.15, 0.2) is 30.3 Å². The predicted octanol–water partition coefficient (Wildman–Crippen LogP) is 4.68. The van der Waals surface area contributed by atoms with Gasteiger partial charge < -0.3 is 10.6 Å². The predicted molar refractivity (Wildman–Crippen MR) is 90.3 cm³/mol. The Hall–Kier alpha value is -1.02. The van der Waals surface area contributed by atoms with Crippen molar-refractivity contribution >= 4 is 5.69 Å². The highest BCUT2D eigenvalue weighted by Gasteiger charge is 2.08. The van der Waals surface area contributed by atoms with Gasteiger partial charge in [0.2, 0.25) is 0 Å². The minimum atomic E-state index is 0.523. The molecule has 0 aliphatic rings. The lowest BCUT2D eigenvalue weighted by atomic mass is 10.0. The Bertz CT molecular complexity index is 333. The van der Waals surface area contributed by atoms with Gasteiger partial charge in [0.25, 0.3) is 0 Å². The van der Waals surface area contributed by atoms with E-state index in [4.69, 9.17) is 0 Å². The molecule has 0 radical (unpaired) electrons. The van der Waals surface area contributed by atoms with Crippen LogP contribution in [0.5, 0.6) is 0 Å². The largest absolute Gasteiger partial charge is 0.383 e. The van der Waals surface area contributed by atoms with Gasteiger partial charge in [0, 0.05) is 17.8 Å². The fourth-order valence-corrected chi connectivity index (χ4v) is 2.44. The molecular weight excluding hydrogens is 244 g/mol. The van der Waals surface area contributed by atoms with E-state index in [2.05, 4.69) is 68.7 Å². The number of para-hydroxylation sites is 1. The summed E-state index contributed by atoms with van der Waals surface area (Å²) in [7, 11) is 0. The lowest BCUT2D eigenvalue weighted by molar-refractivity contribution is 0.399. The van der Waals surface area contributed by atoms with Gasteiger partial charge in [-0.15, -0.1) is 0 Å². The minimum Gasteiger partial charge on any atom is -0.383 e. The zero-order chi connectivity index (χ0) is 14.8. The Labute approximate surface area is 125 Å². The first-order chi connectivity index (χ1) is 9.65. The molecule has 0 saturated heterocycles. The maximum absolute atomic E-state index is 3.68. The monoisotopic (exact) mass is 276 g/mol. The molecule has 1 aromatic carbocycles. The van der Waals surface area contributed by atoms with Crippen molar-refractivity contribution < 1.29 is 0 Å². The van der Waals surface area contributed by atoms with E-state index in [-0.39, 0.29) is 0 Å². The molecule has 0 heterocycles. The lowest BCUT2D eigenvalue weighted by Gasteiger charge is -2.21. The van der Waals surface area contributed by atoms with Crippen LogP contribution in [-0.4, -0.2) is 18.6 Å². The summed E-state index contributed by atoms with van der Waals surface area (Å²) < 4.78 is 0. The Kier molecular flexibility index (Phi) is 8.36. The van der Waals surface area contributed by atoms with E-state index >= 15 is 0 Å². The molecule has 2 atom stereocenters. The molecule has 2 heteroatoms. The SMILES string of the molecule is CCC(CC)CNC(C)CCC(C)Nc1ccccc1. The molecule has 0 saturated carbocycles. The maximum Gasteiger partial charge on any atom is 0.0342 e. The number of hydrogen-bond donors (Lipinski definition) is 2. The van der Waals surface area contributed by atoms with Crippen molar-refractivity contribution in [3.8, 4) is 0 Å². The van der Waals surface area contributed by atoms with Gasteiger partial charge in [-0.1, -0.05) is 44.9 Å². The molecule has 0 fully saturated rings. The summed E-state index contributed by atoms with van der Waals surface area (Å²) in [5, 5.41) is 7.23. The van der Waals surface area contributed by atoms with E-state index in [1.165, 1.54) is 31.4 Å². The fourth-order valence-electron chi connectivity index (χ4n) is 2.44. The Morgan fingerprint density at radius 1 is 0.900 bits per heavy atom. The van der Waals surface area contributed by atoms with Crippen molar-refractivity contribution in [3.63, 3.8) is 0 Å². The highest BCUT2D eigenvalue weighted by atomic mass is 14.9. The van der Waals surface area contributed by atoms with Crippen LogP contribution in [0.25, 0.3) is 0 Å². The summed E-state index contributed by atoms with van der Waals surface area (Å²) in [5.41, 5.74) is 1.22. The molecule has 20 heavy (non-hydrogen) atoms. The van der Waals surface area contributed by atoms with E-state index < -0.39 is 0 Å². The summed E-state index contributed by atoms with van der Waals surface area (Å²) in [6, 6.07) is 11.6. The van der Waals surface area contributed by atoms with Gasteiger partial charge >= 0.3 is 0 Å². The Morgan fingerprint density at radius 2 is 1.50 bits per heavy atom. The lowest BCUT2D eigenvalue weighted by Crippen LogP contribution is -2.32. The Balaban J connectivity index is 2.18. The molecule has 1 aromatic rings. The van der Waals surface area contributed by atoms with Crippen LogP contribution in [0.2, 0.25) is 0 Å². The van der Waals surface area contributed by atoms with Crippen LogP contribution in [0, 0.1) is 5.92 Å². The molecular formula is C18H32N2. The quantitative estimate of drug-likeness (QED) is 0.648. The first kappa shape index (κ1) is 17.0. The molecule has 0 aliphatic carbocycles. The van der Waals surface area contributed by atoms with Gasteiger partial charge in [-0.3, -0.25) is 0 Å². The average molecular weight is 276 g/mol. The van der Waals surface area contributed by atoms with Crippen molar-refractivity contribution in [1.29, 1.82) is 0 Å². The molecule has 0 bridgehead atoms. The summed E-state index contributed by atoms with van der Waals surface area (Å²) in [5.74, 6) is 0.831. The topological polar surface area (TPSA) is 24.1 Å². The van der Waals surface area contributed by atoms with Crippen LogP contribution in [0.4, 0.5) is 5.69 Å². The van der Waals surface area contributed by atoms with Crippen molar-refractivity contribution in [2.24, 2.45) is 5.92 Å². The number of anilines is 1. The molecule has 2 N–H and O–H groups in total. The van der Waals surface area contributed by atoms with E-state index in [0.29, 0.717) is 12.1 Å². The van der Waals surface area contributed by atoms with Crippen LogP contribution in [0.1, 0.15) is 53.4 Å². The number of benzene rings is 1. The minimum absolute atomic E-state index is 0.523. The average Bonchev–Trinajstić information content (AvgIpc) is 2.47. The third-order valence-electron chi connectivity index (χ3n) is 4.13. The van der Waals surface area contributed by atoms with Crippen LogP contribution < -0.4 is 10.6 Å². The van der Waals surface area contributed by atoms with Crippen LogP contribution in [0.3, 0.4) is 0 Å². The van der Waals surface area contributed by atoms with Gasteiger partial charge in [0.15, 0.2) is 0 Å². The van der Waals surface area contributed by atoms with Crippen molar-refractivity contribution in [2.75, 3.05) is 11.9 Å². The van der Waals surface area contributed by atoms with Crippen molar-refractivity contribution in [3.05, 3.63) is 30.3 Å². The molecule has 2 unspecified atom stereocenters. The third kappa shape index (κ3) is 6.95. The molecule has 2 nitrogen and oxygen atoms in total. The second kappa shape index (κ2) is 9.82. The molecule has 0 aliphatic heterocycles. The Morgan fingerprint density at radius 3 is 2.10 bits per heavy atom. The standard InChI is InChI=1S/C18H32N2/c1-5-17(6-2)14-19-15(3)12-13-16(4)20-18-10-8-7-9-11-18/h7-11,15-17,19-20H,5-6,12-14H2,1-4H3. The van der Waals surface area contributed by atoms with Crippen LogP contribution in [-0.2, 0) is 0 Å². The van der Waals surface area contributed by atoms with Gasteiger partial charge in [-0.05, 0) is 51.3 Å². The zero-order valence-electron chi connectivity index (χ0n) is 13.7. The molecule has 0 aromatic heterocycles. The number of hydrogen-bond acceptors (Lipinski definition) is 2. The normalized spacial score (nSPS) is 14.2. The fraction of sp³-hybridized carbons (Fsp3) is 0.667. The molecule has 0 amide bonds. The van der Waals surface area contributed by atoms with E-state index in [1.807, 2.05) is 0 Å². The zero-order valence-corrected chi connectivity index (χ0v) is 13.7. The van der Waals surface area contributed by atoms with E-state index in [0.717, 1.165) is 12.5 Å². The smallest absolute Gasteiger partial charge is 0.0342 e. The third-order valence-corrected chi connectivity index (χ3v) is 4.13. The second-order valence-corrected chi connectivity index (χ2v) is 5.98. The van der Waals surface area contributed by atoms with Gasteiger partial charge in [-0.2, -0.15) is 0 Å². The first-order valence-electron chi connectivity index (χ1n) is 8.20.